The number of piperazine rings is 1. The van der Waals surface area contributed by atoms with Crippen LogP contribution in [0, 0.1) is 0 Å². The topological polar surface area (TPSA) is 113 Å². The van der Waals surface area contributed by atoms with E-state index in [-0.39, 0.29) is 18.2 Å². The van der Waals surface area contributed by atoms with Crippen LogP contribution in [0.2, 0.25) is 5.02 Å². The lowest BCUT2D eigenvalue weighted by atomic mass is 10.1. The van der Waals surface area contributed by atoms with E-state index in [1.807, 2.05) is 17.0 Å². The van der Waals surface area contributed by atoms with Crippen molar-refractivity contribution >= 4 is 34.8 Å². The van der Waals surface area contributed by atoms with Gasteiger partial charge in [0.05, 0.1) is 11.9 Å². The molecule has 1 aromatic carbocycles. The number of aromatic nitrogens is 5. The van der Waals surface area contributed by atoms with Crippen molar-refractivity contribution in [3.05, 3.63) is 53.9 Å². The number of hydrogen-bond acceptors (Lipinski definition) is 7. The number of rotatable bonds is 5. The quantitative estimate of drug-likeness (QED) is 0.425. The summed E-state index contributed by atoms with van der Waals surface area (Å²) in [6.45, 7) is 3.25. The molecule has 1 amide bonds. The number of hydrogen-bond donors (Lipinski definition) is 3. The van der Waals surface area contributed by atoms with Crippen molar-refractivity contribution in [3.8, 4) is 16.9 Å². The minimum Gasteiger partial charge on any atom is -0.508 e. The van der Waals surface area contributed by atoms with E-state index in [2.05, 4.69) is 25.8 Å². The van der Waals surface area contributed by atoms with Crippen molar-refractivity contribution in [2.45, 2.75) is 6.54 Å². The van der Waals surface area contributed by atoms with E-state index in [9.17, 15) is 9.90 Å². The van der Waals surface area contributed by atoms with Gasteiger partial charge in [-0.25, -0.2) is 4.52 Å². The standard InChI is InChI=1S/C21H21ClN8O2/c22-18-3-2-16(31)9-17(18)14-1-4-19-26-21(27-30(19)11-14)25-15-10-24-29(12-15)13-20(32)28-7-5-23-6-8-28/h1-4,9-12,23,31H,5-8,13H2,(H,25,27). The van der Waals surface area contributed by atoms with Gasteiger partial charge in [-0.05, 0) is 30.3 Å². The molecular weight excluding hydrogens is 432 g/mol. The molecule has 1 aliphatic heterocycles. The molecule has 1 saturated heterocycles. The third-order valence-electron chi connectivity index (χ3n) is 5.25. The highest BCUT2D eigenvalue weighted by atomic mass is 35.5. The monoisotopic (exact) mass is 452 g/mol. The van der Waals surface area contributed by atoms with Crippen molar-refractivity contribution in [3.63, 3.8) is 0 Å². The Morgan fingerprint density at radius 3 is 2.88 bits per heavy atom. The number of nitrogens with one attached hydrogen (secondary N) is 2. The normalized spacial score (nSPS) is 14.1. The molecule has 0 bridgehead atoms. The number of nitrogens with zero attached hydrogens (tertiary/aromatic N) is 6. The summed E-state index contributed by atoms with van der Waals surface area (Å²) in [6, 6.07) is 8.49. The van der Waals surface area contributed by atoms with Crippen LogP contribution in [-0.2, 0) is 11.3 Å². The molecule has 1 fully saturated rings. The molecule has 0 atom stereocenters. The number of carbonyl (C=O) groups is 1. The van der Waals surface area contributed by atoms with Gasteiger partial charge < -0.3 is 20.6 Å². The zero-order valence-electron chi connectivity index (χ0n) is 17.1. The Balaban J connectivity index is 1.30. The van der Waals surface area contributed by atoms with Crippen LogP contribution in [0.4, 0.5) is 11.6 Å². The summed E-state index contributed by atoms with van der Waals surface area (Å²) in [6.07, 6.45) is 5.18. The lowest BCUT2D eigenvalue weighted by Crippen LogP contribution is -2.47. The van der Waals surface area contributed by atoms with E-state index in [1.54, 1.807) is 46.0 Å². The van der Waals surface area contributed by atoms with Crippen molar-refractivity contribution in [2.75, 3.05) is 31.5 Å². The number of benzene rings is 1. The Morgan fingerprint density at radius 2 is 2.03 bits per heavy atom. The Labute approximate surface area is 188 Å². The summed E-state index contributed by atoms with van der Waals surface area (Å²) < 4.78 is 3.24. The van der Waals surface area contributed by atoms with Crippen LogP contribution < -0.4 is 10.6 Å². The molecule has 11 heteroatoms. The fourth-order valence-electron chi connectivity index (χ4n) is 3.63. The Hall–Kier alpha value is -3.63. The molecule has 1 aliphatic rings. The molecule has 32 heavy (non-hydrogen) atoms. The maximum Gasteiger partial charge on any atom is 0.247 e. The number of amides is 1. The fraction of sp³-hybridized carbons (Fsp3) is 0.238. The average molecular weight is 453 g/mol. The van der Waals surface area contributed by atoms with Crippen molar-refractivity contribution in [1.29, 1.82) is 0 Å². The molecule has 0 unspecified atom stereocenters. The first-order chi connectivity index (χ1) is 15.5. The molecule has 164 valence electrons. The van der Waals surface area contributed by atoms with Crippen LogP contribution in [0.1, 0.15) is 0 Å². The van der Waals surface area contributed by atoms with Crippen LogP contribution in [0.25, 0.3) is 16.8 Å². The van der Waals surface area contributed by atoms with E-state index in [4.69, 9.17) is 11.6 Å². The molecule has 4 heterocycles. The molecule has 0 saturated carbocycles. The van der Waals surface area contributed by atoms with E-state index >= 15 is 0 Å². The van der Waals surface area contributed by atoms with Crippen molar-refractivity contribution in [2.24, 2.45) is 0 Å². The minimum absolute atomic E-state index is 0.0464. The number of phenolic OH excluding ortho intramolecular Hbond substituents is 1. The van der Waals surface area contributed by atoms with Gasteiger partial charge in [0.15, 0.2) is 5.65 Å². The lowest BCUT2D eigenvalue weighted by Gasteiger charge is -2.27. The number of anilines is 2. The highest BCUT2D eigenvalue weighted by molar-refractivity contribution is 6.33. The minimum atomic E-state index is 0.0464. The zero-order chi connectivity index (χ0) is 22.1. The number of pyridine rings is 1. The van der Waals surface area contributed by atoms with Gasteiger partial charge in [-0.1, -0.05) is 11.6 Å². The maximum absolute atomic E-state index is 12.4. The third kappa shape index (κ3) is 4.23. The number of aromatic hydroxyl groups is 1. The van der Waals surface area contributed by atoms with Crippen molar-refractivity contribution in [1.82, 2.24) is 34.6 Å². The van der Waals surface area contributed by atoms with Gasteiger partial charge in [0.25, 0.3) is 0 Å². The van der Waals surface area contributed by atoms with Gasteiger partial charge in [0.1, 0.15) is 12.3 Å². The van der Waals surface area contributed by atoms with E-state index in [0.29, 0.717) is 41.0 Å². The summed E-state index contributed by atoms with van der Waals surface area (Å²) in [5, 5.41) is 25.4. The lowest BCUT2D eigenvalue weighted by molar-refractivity contribution is -0.132. The van der Waals surface area contributed by atoms with Gasteiger partial charge in [-0.15, -0.1) is 5.10 Å². The molecule has 0 radical (unpaired) electrons. The summed E-state index contributed by atoms with van der Waals surface area (Å²) in [5.41, 5.74) is 2.84. The average Bonchev–Trinajstić information content (AvgIpc) is 3.41. The van der Waals surface area contributed by atoms with Crippen LogP contribution in [0.3, 0.4) is 0 Å². The van der Waals surface area contributed by atoms with Gasteiger partial charge in [0.2, 0.25) is 11.9 Å². The highest BCUT2D eigenvalue weighted by Crippen LogP contribution is 2.31. The number of fused-ring (bicyclic) bond motifs is 1. The molecular formula is C21H21ClN8O2. The Kier molecular flexibility index (Phi) is 5.38. The second kappa shape index (κ2) is 8.48. The van der Waals surface area contributed by atoms with Crippen LogP contribution in [-0.4, -0.2) is 66.5 Å². The molecule has 5 rings (SSSR count). The molecule has 3 aromatic heterocycles. The number of halogens is 1. The summed E-state index contributed by atoms with van der Waals surface area (Å²) in [7, 11) is 0. The number of carbonyl (C=O) groups excluding carboxylic acids is 1. The molecule has 0 spiro atoms. The smallest absolute Gasteiger partial charge is 0.247 e. The van der Waals surface area contributed by atoms with Crippen LogP contribution in [0.5, 0.6) is 5.75 Å². The van der Waals surface area contributed by atoms with Gasteiger partial charge in [0, 0.05) is 54.7 Å². The van der Waals surface area contributed by atoms with Gasteiger partial charge >= 0.3 is 0 Å². The zero-order valence-corrected chi connectivity index (χ0v) is 17.8. The van der Waals surface area contributed by atoms with E-state index in [0.717, 1.165) is 18.7 Å². The molecule has 3 N–H and O–H groups in total. The van der Waals surface area contributed by atoms with Crippen LogP contribution >= 0.6 is 11.6 Å². The molecule has 4 aromatic rings. The first-order valence-corrected chi connectivity index (χ1v) is 10.6. The first kappa shape index (κ1) is 20.3. The summed E-state index contributed by atoms with van der Waals surface area (Å²) in [5.74, 6) is 0.583. The Bertz CT molecular complexity index is 1280. The SMILES string of the molecule is O=C(Cn1cc(Nc2nc3ccc(-c4cc(O)ccc4Cl)cn3n2)cn1)N1CCNCC1. The van der Waals surface area contributed by atoms with Gasteiger partial charge in [-0.2, -0.15) is 10.1 Å². The Morgan fingerprint density at radius 1 is 1.19 bits per heavy atom. The molecule has 10 nitrogen and oxygen atoms in total. The second-order valence-electron chi connectivity index (χ2n) is 7.50. The molecule has 0 aliphatic carbocycles. The third-order valence-corrected chi connectivity index (χ3v) is 5.58. The fourth-order valence-corrected chi connectivity index (χ4v) is 3.85. The van der Waals surface area contributed by atoms with Crippen LogP contribution in [0.15, 0.2) is 48.9 Å². The summed E-state index contributed by atoms with van der Waals surface area (Å²) >= 11 is 6.27. The predicted octanol–water partition coefficient (Wildman–Crippen LogP) is 2.13. The first-order valence-electron chi connectivity index (χ1n) is 10.2. The predicted molar refractivity (Wildman–Crippen MR) is 120 cm³/mol. The number of phenols is 1. The highest BCUT2D eigenvalue weighted by Gasteiger charge is 2.17. The second-order valence-corrected chi connectivity index (χ2v) is 7.91. The van der Waals surface area contributed by atoms with Crippen molar-refractivity contribution < 1.29 is 9.90 Å². The van der Waals surface area contributed by atoms with E-state index < -0.39 is 0 Å². The largest absolute Gasteiger partial charge is 0.508 e. The summed E-state index contributed by atoms with van der Waals surface area (Å²) in [4.78, 5) is 18.7. The van der Waals surface area contributed by atoms with Gasteiger partial charge in [-0.3, -0.25) is 9.48 Å². The maximum atomic E-state index is 12.4. The van der Waals surface area contributed by atoms with E-state index in [1.165, 1.54) is 0 Å².